The molecule has 0 heterocycles. The lowest BCUT2D eigenvalue weighted by atomic mass is 10.1. The Labute approximate surface area is 160 Å². The fourth-order valence-corrected chi connectivity index (χ4v) is 2.05. The Hall–Kier alpha value is -4.62. The molecular formula is C15H11N5O9. The van der Waals surface area contributed by atoms with Gasteiger partial charge in [-0.1, -0.05) is 12.1 Å². The van der Waals surface area contributed by atoms with Gasteiger partial charge >= 0.3 is 11.4 Å². The molecule has 29 heavy (non-hydrogen) atoms. The van der Waals surface area contributed by atoms with E-state index in [1.165, 1.54) is 24.3 Å². The second-order valence-electron chi connectivity index (χ2n) is 5.22. The first-order valence-corrected chi connectivity index (χ1v) is 7.54. The molecule has 0 aliphatic heterocycles. The smallest absolute Gasteiger partial charge is 0.318 e. The molecule has 0 saturated carbocycles. The average Bonchev–Trinajstić information content (AvgIpc) is 2.67. The van der Waals surface area contributed by atoms with E-state index in [4.69, 9.17) is 4.74 Å². The number of phenolic OH excluding ortho intramolecular Hbond substituents is 1. The molecule has 0 atom stereocenters. The Morgan fingerprint density at radius 2 is 1.72 bits per heavy atom. The number of carbonyl (C=O) groups excluding carboxylic acids is 1. The standard InChI is InChI=1S/C15H11N5O9/c21-14(8-29-13-4-2-1-3-11(13)19(25)26)17-16-7-9-5-10(18(23)24)6-12(15(9)22)20(27)28/h1-7,22H,8H2,(H,17,21). The number of hydrazone groups is 1. The molecule has 0 spiro atoms. The molecule has 0 aliphatic carbocycles. The van der Waals surface area contributed by atoms with Crippen LogP contribution in [0.1, 0.15) is 5.56 Å². The van der Waals surface area contributed by atoms with E-state index in [1.807, 2.05) is 5.43 Å². The third-order valence-electron chi connectivity index (χ3n) is 3.33. The van der Waals surface area contributed by atoms with E-state index in [0.717, 1.165) is 12.3 Å². The summed E-state index contributed by atoms with van der Waals surface area (Å²) in [4.78, 5) is 41.7. The second-order valence-corrected chi connectivity index (χ2v) is 5.22. The quantitative estimate of drug-likeness (QED) is 0.372. The van der Waals surface area contributed by atoms with Crippen molar-refractivity contribution in [1.29, 1.82) is 0 Å². The van der Waals surface area contributed by atoms with E-state index in [0.29, 0.717) is 6.07 Å². The molecule has 2 N–H and O–H groups in total. The predicted molar refractivity (Wildman–Crippen MR) is 95.7 cm³/mol. The fourth-order valence-electron chi connectivity index (χ4n) is 2.05. The third-order valence-corrected chi connectivity index (χ3v) is 3.33. The number of para-hydroxylation sites is 2. The van der Waals surface area contributed by atoms with Crippen LogP contribution in [0.15, 0.2) is 41.5 Å². The Kier molecular flexibility index (Phi) is 6.31. The van der Waals surface area contributed by atoms with E-state index >= 15 is 0 Å². The summed E-state index contributed by atoms with van der Waals surface area (Å²) in [6, 6.07) is 6.75. The summed E-state index contributed by atoms with van der Waals surface area (Å²) >= 11 is 0. The maximum absolute atomic E-state index is 11.7. The minimum absolute atomic E-state index is 0.149. The Bertz CT molecular complexity index is 1020. The molecule has 0 bridgehead atoms. The summed E-state index contributed by atoms with van der Waals surface area (Å²) in [6.07, 6.45) is 0.762. The SMILES string of the molecule is O=C(COc1ccccc1[N+](=O)[O-])NN=Cc1cc([N+](=O)[O-])cc([N+](=O)[O-])c1O. The van der Waals surface area contributed by atoms with Gasteiger partial charge in [-0.25, -0.2) is 5.43 Å². The van der Waals surface area contributed by atoms with Crippen LogP contribution in [0.4, 0.5) is 17.1 Å². The van der Waals surface area contributed by atoms with Crippen molar-refractivity contribution < 1.29 is 29.4 Å². The van der Waals surface area contributed by atoms with Gasteiger partial charge < -0.3 is 9.84 Å². The molecule has 2 rings (SSSR count). The summed E-state index contributed by atoms with van der Waals surface area (Å²) in [5, 5.41) is 45.8. The summed E-state index contributed by atoms with van der Waals surface area (Å²) in [5.74, 6) is -1.88. The molecule has 0 radical (unpaired) electrons. The van der Waals surface area contributed by atoms with Gasteiger partial charge in [0.25, 0.3) is 11.6 Å². The molecule has 2 aromatic carbocycles. The first-order chi connectivity index (χ1) is 13.7. The summed E-state index contributed by atoms with van der Waals surface area (Å²) in [7, 11) is 0. The van der Waals surface area contributed by atoms with Crippen molar-refractivity contribution in [3.05, 3.63) is 72.3 Å². The van der Waals surface area contributed by atoms with Gasteiger partial charge in [-0.2, -0.15) is 5.10 Å². The van der Waals surface area contributed by atoms with Crippen molar-refractivity contribution >= 4 is 29.2 Å². The number of amides is 1. The average molecular weight is 405 g/mol. The van der Waals surface area contributed by atoms with Crippen molar-refractivity contribution in [3.63, 3.8) is 0 Å². The maximum Gasteiger partial charge on any atom is 0.318 e. The molecule has 0 aliphatic rings. The van der Waals surface area contributed by atoms with Gasteiger partial charge in [0, 0.05) is 12.1 Å². The molecular weight excluding hydrogens is 394 g/mol. The zero-order valence-corrected chi connectivity index (χ0v) is 14.3. The zero-order chi connectivity index (χ0) is 21.6. The molecule has 150 valence electrons. The highest BCUT2D eigenvalue weighted by Gasteiger charge is 2.23. The second kappa shape index (κ2) is 8.85. The van der Waals surface area contributed by atoms with Crippen LogP contribution in [0.2, 0.25) is 0 Å². The van der Waals surface area contributed by atoms with Gasteiger partial charge in [0.15, 0.2) is 12.4 Å². The molecule has 14 nitrogen and oxygen atoms in total. The lowest BCUT2D eigenvalue weighted by Gasteiger charge is -2.05. The molecule has 0 fully saturated rings. The van der Waals surface area contributed by atoms with Gasteiger partial charge in [0.2, 0.25) is 5.75 Å². The monoisotopic (exact) mass is 405 g/mol. The highest BCUT2D eigenvalue weighted by atomic mass is 16.6. The third kappa shape index (κ3) is 5.19. The highest BCUT2D eigenvalue weighted by molar-refractivity contribution is 5.88. The first-order valence-electron chi connectivity index (χ1n) is 7.54. The minimum atomic E-state index is -1.02. The number of hydrogen-bond donors (Lipinski definition) is 2. The number of phenols is 1. The van der Waals surface area contributed by atoms with E-state index in [-0.39, 0.29) is 17.0 Å². The normalized spacial score (nSPS) is 10.5. The largest absolute Gasteiger partial charge is 0.502 e. The Morgan fingerprint density at radius 3 is 2.34 bits per heavy atom. The highest BCUT2D eigenvalue weighted by Crippen LogP contribution is 2.33. The van der Waals surface area contributed by atoms with Gasteiger partial charge in [-0.15, -0.1) is 0 Å². The molecule has 0 aromatic heterocycles. The van der Waals surface area contributed by atoms with Crippen LogP contribution in [0.25, 0.3) is 0 Å². The van der Waals surface area contributed by atoms with Gasteiger partial charge in [-0.05, 0) is 6.07 Å². The van der Waals surface area contributed by atoms with E-state index in [2.05, 4.69) is 5.10 Å². The van der Waals surface area contributed by atoms with Crippen molar-refractivity contribution in [2.45, 2.75) is 0 Å². The number of non-ortho nitro benzene ring substituents is 1. The maximum atomic E-state index is 11.7. The number of aromatic hydroxyl groups is 1. The van der Waals surface area contributed by atoms with Gasteiger partial charge in [-0.3, -0.25) is 35.1 Å². The number of benzene rings is 2. The van der Waals surface area contributed by atoms with Crippen LogP contribution in [0.3, 0.4) is 0 Å². The molecule has 2 aromatic rings. The summed E-state index contributed by atoms with van der Waals surface area (Å²) < 4.78 is 5.03. The lowest BCUT2D eigenvalue weighted by molar-refractivity contribution is -0.394. The number of nitro benzene ring substituents is 3. The van der Waals surface area contributed by atoms with E-state index < -0.39 is 44.4 Å². The molecule has 1 amide bonds. The van der Waals surface area contributed by atoms with Crippen molar-refractivity contribution in [2.24, 2.45) is 5.10 Å². The van der Waals surface area contributed by atoms with Crippen molar-refractivity contribution in [3.8, 4) is 11.5 Å². The Balaban J connectivity index is 2.08. The van der Waals surface area contributed by atoms with Crippen LogP contribution in [0, 0.1) is 30.3 Å². The number of nitro groups is 3. The van der Waals surface area contributed by atoms with Gasteiger partial charge in [0.05, 0.1) is 32.6 Å². The fraction of sp³-hybridized carbons (Fsp3) is 0.0667. The van der Waals surface area contributed by atoms with Crippen molar-refractivity contribution in [2.75, 3.05) is 6.61 Å². The number of ether oxygens (including phenoxy) is 1. The molecule has 0 unspecified atom stereocenters. The topological polar surface area (TPSA) is 200 Å². The summed E-state index contributed by atoms with van der Waals surface area (Å²) in [6.45, 7) is -0.650. The predicted octanol–water partition coefficient (Wildman–Crippen LogP) is 1.65. The first kappa shape index (κ1) is 20.7. The minimum Gasteiger partial charge on any atom is -0.502 e. The summed E-state index contributed by atoms with van der Waals surface area (Å²) in [5.41, 5.74) is -0.349. The lowest BCUT2D eigenvalue weighted by Crippen LogP contribution is -2.24. The van der Waals surface area contributed by atoms with Gasteiger partial charge in [0.1, 0.15) is 0 Å². The number of nitrogens with one attached hydrogen (secondary N) is 1. The van der Waals surface area contributed by atoms with Crippen LogP contribution < -0.4 is 10.2 Å². The van der Waals surface area contributed by atoms with Crippen LogP contribution in [-0.2, 0) is 4.79 Å². The van der Waals surface area contributed by atoms with Crippen molar-refractivity contribution in [1.82, 2.24) is 5.43 Å². The van der Waals surface area contributed by atoms with Crippen LogP contribution in [-0.4, -0.2) is 38.6 Å². The number of carbonyl (C=O) groups is 1. The number of hydrogen-bond acceptors (Lipinski definition) is 10. The number of nitrogens with zero attached hydrogens (tertiary/aromatic N) is 4. The van der Waals surface area contributed by atoms with E-state index in [9.17, 15) is 40.2 Å². The van der Waals surface area contributed by atoms with Crippen LogP contribution in [0.5, 0.6) is 11.5 Å². The zero-order valence-electron chi connectivity index (χ0n) is 14.3. The van der Waals surface area contributed by atoms with Crippen LogP contribution >= 0.6 is 0 Å². The number of rotatable bonds is 8. The molecule has 14 heteroatoms. The van der Waals surface area contributed by atoms with E-state index in [1.54, 1.807) is 0 Å². The molecule has 0 saturated heterocycles. The Morgan fingerprint density at radius 1 is 1.07 bits per heavy atom.